The molecule has 3 nitrogen and oxygen atoms in total. The summed E-state index contributed by atoms with van der Waals surface area (Å²) in [5.41, 5.74) is 6.25. The smallest absolute Gasteiger partial charge is 0.118 e. The predicted octanol–water partition coefficient (Wildman–Crippen LogP) is 2.40. The first kappa shape index (κ1) is 12.2. The Morgan fingerprint density at radius 1 is 1.28 bits per heavy atom. The van der Waals surface area contributed by atoms with E-state index in [1.807, 2.05) is 0 Å². The van der Waals surface area contributed by atoms with Crippen LogP contribution in [0.15, 0.2) is 16.5 Å². The minimum Gasteiger partial charge on any atom is -0.465 e. The molecule has 2 heterocycles. The van der Waals surface area contributed by atoms with Crippen molar-refractivity contribution in [3.8, 4) is 0 Å². The maximum absolute atomic E-state index is 6.25. The van der Waals surface area contributed by atoms with Gasteiger partial charge in [0.05, 0.1) is 6.54 Å². The van der Waals surface area contributed by atoms with E-state index in [1.54, 1.807) is 0 Å². The van der Waals surface area contributed by atoms with Crippen LogP contribution in [0.3, 0.4) is 0 Å². The van der Waals surface area contributed by atoms with Crippen molar-refractivity contribution in [2.45, 2.75) is 45.2 Å². The van der Waals surface area contributed by atoms with Crippen LogP contribution in [-0.4, -0.2) is 24.0 Å². The molecule has 100 valence electrons. The van der Waals surface area contributed by atoms with E-state index < -0.39 is 0 Å². The average Bonchev–Trinajstić information content (AvgIpc) is 2.96. The maximum Gasteiger partial charge on any atom is 0.118 e. The quantitative estimate of drug-likeness (QED) is 0.893. The molecule has 3 atom stereocenters. The average molecular weight is 248 g/mol. The third-order valence-electron chi connectivity index (χ3n) is 4.67. The van der Waals surface area contributed by atoms with Crippen molar-refractivity contribution < 1.29 is 4.42 Å². The molecule has 3 unspecified atom stereocenters. The Balaban J connectivity index is 1.61. The molecule has 1 saturated carbocycles. The number of aryl methyl sites for hydroxylation is 1. The second-order valence-electron chi connectivity index (χ2n) is 5.93. The fourth-order valence-electron chi connectivity index (χ4n) is 3.66. The van der Waals surface area contributed by atoms with Crippen molar-refractivity contribution in [1.82, 2.24) is 4.90 Å². The number of likely N-dealkylation sites (tertiary alicyclic amines) is 1. The second kappa shape index (κ2) is 5.06. The molecule has 3 rings (SSSR count). The zero-order chi connectivity index (χ0) is 12.5. The van der Waals surface area contributed by atoms with Crippen molar-refractivity contribution in [2.24, 2.45) is 17.6 Å². The molecule has 0 bridgehead atoms. The molecule has 0 radical (unpaired) electrons. The summed E-state index contributed by atoms with van der Waals surface area (Å²) in [7, 11) is 0. The highest BCUT2D eigenvalue weighted by atomic mass is 16.3. The van der Waals surface area contributed by atoms with Gasteiger partial charge in [-0.3, -0.25) is 4.90 Å². The largest absolute Gasteiger partial charge is 0.465 e. The summed E-state index contributed by atoms with van der Waals surface area (Å²) in [5.74, 6) is 3.76. The lowest BCUT2D eigenvalue weighted by molar-refractivity contribution is 0.258. The Morgan fingerprint density at radius 2 is 2.11 bits per heavy atom. The molecule has 1 aromatic heterocycles. The van der Waals surface area contributed by atoms with E-state index in [1.165, 1.54) is 25.8 Å². The van der Waals surface area contributed by atoms with Gasteiger partial charge < -0.3 is 10.2 Å². The van der Waals surface area contributed by atoms with E-state index in [-0.39, 0.29) is 0 Å². The molecule has 1 saturated heterocycles. The van der Waals surface area contributed by atoms with Crippen LogP contribution < -0.4 is 5.73 Å². The topological polar surface area (TPSA) is 42.4 Å². The highest BCUT2D eigenvalue weighted by Gasteiger charge is 2.38. The molecular formula is C15H24N2O. The van der Waals surface area contributed by atoms with Gasteiger partial charge in [0.2, 0.25) is 0 Å². The molecule has 2 aliphatic rings. The van der Waals surface area contributed by atoms with Gasteiger partial charge in [-0.05, 0) is 36.8 Å². The maximum atomic E-state index is 6.25. The zero-order valence-electron chi connectivity index (χ0n) is 11.3. The van der Waals surface area contributed by atoms with Crippen LogP contribution >= 0.6 is 0 Å². The molecular weight excluding hydrogens is 224 g/mol. The normalized spacial score (nSPS) is 32.7. The molecule has 1 aromatic rings. The number of rotatable bonds is 3. The Hall–Kier alpha value is -0.800. The summed E-state index contributed by atoms with van der Waals surface area (Å²) in [6.45, 7) is 5.46. The van der Waals surface area contributed by atoms with E-state index in [2.05, 4.69) is 24.0 Å². The molecule has 0 aromatic carbocycles. The van der Waals surface area contributed by atoms with Crippen LogP contribution in [0.25, 0.3) is 0 Å². The van der Waals surface area contributed by atoms with Crippen LogP contribution in [0.5, 0.6) is 0 Å². The van der Waals surface area contributed by atoms with E-state index in [4.69, 9.17) is 10.2 Å². The van der Waals surface area contributed by atoms with E-state index in [0.29, 0.717) is 6.04 Å². The minimum absolute atomic E-state index is 0.427. The Kier molecular flexibility index (Phi) is 3.44. The van der Waals surface area contributed by atoms with Gasteiger partial charge in [0, 0.05) is 25.6 Å². The van der Waals surface area contributed by atoms with Crippen LogP contribution in [0.4, 0.5) is 0 Å². The number of nitrogens with zero attached hydrogens (tertiary/aromatic N) is 1. The minimum atomic E-state index is 0.427. The second-order valence-corrected chi connectivity index (χ2v) is 5.93. The number of fused-ring (bicyclic) bond motifs is 1. The Labute approximate surface area is 109 Å². The van der Waals surface area contributed by atoms with Crippen LogP contribution in [0.1, 0.15) is 37.7 Å². The van der Waals surface area contributed by atoms with Crippen molar-refractivity contribution in [3.05, 3.63) is 23.7 Å². The summed E-state index contributed by atoms with van der Waals surface area (Å²) in [5, 5.41) is 0. The molecule has 1 aliphatic carbocycles. The lowest BCUT2D eigenvalue weighted by atomic mass is 9.78. The first-order valence-corrected chi connectivity index (χ1v) is 7.31. The molecule has 18 heavy (non-hydrogen) atoms. The van der Waals surface area contributed by atoms with Crippen molar-refractivity contribution in [1.29, 1.82) is 0 Å². The third kappa shape index (κ3) is 2.34. The van der Waals surface area contributed by atoms with Crippen molar-refractivity contribution >= 4 is 0 Å². The fraction of sp³-hybridized carbons (Fsp3) is 0.733. The lowest BCUT2D eigenvalue weighted by Gasteiger charge is -2.29. The molecule has 0 amide bonds. The monoisotopic (exact) mass is 248 g/mol. The molecule has 1 aliphatic heterocycles. The van der Waals surface area contributed by atoms with Crippen LogP contribution in [-0.2, 0) is 13.0 Å². The summed E-state index contributed by atoms with van der Waals surface area (Å²) in [6.07, 6.45) is 4.88. The highest BCUT2D eigenvalue weighted by molar-refractivity contribution is 5.07. The SMILES string of the molecule is CCc1ccc(CN2CC3CCCC(N)C3C2)o1. The number of furan rings is 1. The fourth-order valence-corrected chi connectivity index (χ4v) is 3.66. The Morgan fingerprint density at radius 3 is 2.83 bits per heavy atom. The summed E-state index contributed by atoms with van der Waals surface area (Å²) in [4.78, 5) is 2.53. The van der Waals surface area contributed by atoms with Gasteiger partial charge in [0.15, 0.2) is 0 Å². The molecule has 3 heteroatoms. The number of hydrogen-bond donors (Lipinski definition) is 1. The van der Waals surface area contributed by atoms with Gasteiger partial charge in [-0.15, -0.1) is 0 Å². The summed E-state index contributed by atoms with van der Waals surface area (Å²) >= 11 is 0. The zero-order valence-corrected chi connectivity index (χ0v) is 11.3. The van der Waals surface area contributed by atoms with E-state index >= 15 is 0 Å². The highest BCUT2D eigenvalue weighted by Crippen LogP contribution is 2.36. The van der Waals surface area contributed by atoms with Gasteiger partial charge >= 0.3 is 0 Å². The first-order chi connectivity index (χ1) is 8.76. The summed E-state index contributed by atoms with van der Waals surface area (Å²) < 4.78 is 5.80. The molecule has 0 spiro atoms. The molecule has 2 fully saturated rings. The number of hydrogen-bond acceptors (Lipinski definition) is 3. The van der Waals surface area contributed by atoms with E-state index in [9.17, 15) is 0 Å². The molecule has 2 N–H and O–H groups in total. The van der Waals surface area contributed by atoms with Gasteiger partial charge in [-0.1, -0.05) is 13.3 Å². The van der Waals surface area contributed by atoms with Crippen molar-refractivity contribution in [2.75, 3.05) is 13.1 Å². The van der Waals surface area contributed by atoms with Gasteiger partial charge in [0.25, 0.3) is 0 Å². The standard InChI is InChI=1S/C15H24N2O/c1-2-12-6-7-13(18-12)9-17-8-11-4-3-5-15(16)14(11)10-17/h6-7,11,14-15H,2-5,8-10,16H2,1H3. The van der Waals surface area contributed by atoms with Gasteiger partial charge in [-0.25, -0.2) is 0 Å². The van der Waals surface area contributed by atoms with Crippen molar-refractivity contribution in [3.63, 3.8) is 0 Å². The van der Waals surface area contributed by atoms with Crippen LogP contribution in [0, 0.1) is 11.8 Å². The third-order valence-corrected chi connectivity index (χ3v) is 4.67. The number of nitrogens with two attached hydrogens (primary N) is 1. The van der Waals surface area contributed by atoms with E-state index in [0.717, 1.165) is 42.9 Å². The summed E-state index contributed by atoms with van der Waals surface area (Å²) in [6, 6.07) is 4.65. The first-order valence-electron chi connectivity index (χ1n) is 7.31. The Bertz CT molecular complexity index is 401. The van der Waals surface area contributed by atoms with Crippen LogP contribution in [0.2, 0.25) is 0 Å². The predicted molar refractivity (Wildman–Crippen MR) is 72.2 cm³/mol. The van der Waals surface area contributed by atoms with Gasteiger partial charge in [-0.2, -0.15) is 0 Å². The lowest BCUT2D eigenvalue weighted by Crippen LogP contribution is -2.38. The van der Waals surface area contributed by atoms with Gasteiger partial charge in [0.1, 0.15) is 11.5 Å².